The molecular formula is C12H13F4N. The lowest BCUT2D eigenvalue weighted by atomic mass is 10.0. The maximum Gasteiger partial charge on any atom is 0.419 e. The van der Waals surface area contributed by atoms with Crippen molar-refractivity contribution in [2.75, 3.05) is 0 Å². The van der Waals surface area contributed by atoms with E-state index in [1.54, 1.807) is 0 Å². The van der Waals surface area contributed by atoms with Gasteiger partial charge < -0.3 is 5.73 Å². The van der Waals surface area contributed by atoms with Crippen LogP contribution in [-0.4, -0.2) is 0 Å². The molecule has 1 atom stereocenters. The molecule has 0 aliphatic heterocycles. The van der Waals surface area contributed by atoms with E-state index in [-0.39, 0.29) is 6.04 Å². The molecule has 2 N–H and O–H groups in total. The van der Waals surface area contributed by atoms with Gasteiger partial charge >= 0.3 is 6.18 Å². The number of hydrogen-bond donors (Lipinski definition) is 1. The zero-order chi connectivity index (χ0) is 12.6. The normalized spacial score (nSPS) is 18.2. The molecule has 2 rings (SSSR count). The summed E-state index contributed by atoms with van der Waals surface area (Å²) < 4.78 is 50.3. The zero-order valence-corrected chi connectivity index (χ0v) is 9.10. The lowest BCUT2D eigenvalue weighted by molar-refractivity contribution is -0.140. The van der Waals surface area contributed by atoms with Crippen LogP contribution in [0.3, 0.4) is 0 Å². The van der Waals surface area contributed by atoms with Gasteiger partial charge in [0.05, 0.1) is 5.56 Å². The minimum absolute atomic E-state index is 0.376. The summed E-state index contributed by atoms with van der Waals surface area (Å²) in [7, 11) is 0. The Bertz CT molecular complexity index is 409. The smallest absolute Gasteiger partial charge is 0.324 e. The Balaban J connectivity index is 2.17. The average molecular weight is 247 g/mol. The number of halogens is 4. The second-order valence-corrected chi connectivity index (χ2v) is 4.52. The molecule has 0 saturated heterocycles. The van der Waals surface area contributed by atoms with Crippen LogP contribution in [0.25, 0.3) is 0 Å². The summed E-state index contributed by atoms with van der Waals surface area (Å²) in [5.74, 6) is -0.698. The van der Waals surface area contributed by atoms with Crippen molar-refractivity contribution in [3.05, 3.63) is 35.1 Å². The van der Waals surface area contributed by atoms with Gasteiger partial charge in [-0.2, -0.15) is 13.2 Å². The quantitative estimate of drug-likeness (QED) is 0.811. The second kappa shape index (κ2) is 4.29. The van der Waals surface area contributed by atoms with Crippen molar-refractivity contribution in [3.63, 3.8) is 0 Å². The predicted molar refractivity (Wildman–Crippen MR) is 55.7 cm³/mol. The van der Waals surface area contributed by atoms with Gasteiger partial charge in [-0.1, -0.05) is 18.9 Å². The number of hydrogen-bond acceptors (Lipinski definition) is 1. The van der Waals surface area contributed by atoms with Crippen LogP contribution in [-0.2, 0) is 6.18 Å². The number of nitrogens with two attached hydrogens (primary N) is 1. The Kier molecular flexibility index (Phi) is 3.12. The molecule has 5 heteroatoms. The van der Waals surface area contributed by atoms with Crippen molar-refractivity contribution in [1.29, 1.82) is 0 Å². The first-order chi connectivity index (χ1) is 7.88. The molecule has 0 spiro atoms. The Morgan fingerprint density at radius 3 is 2.41 bits per heavy atom. The molecule has 1 aromatic carbocycles. The van der Waals surface area contributed by atoms with Crippen LogP contribution in [0.15, 0.2) is 18.2 Å². The van der Waals surface area contributed by atoms with Crippen LogP contribution in [0, 0.1) is 11.7 Å². The van der Waals surface area contributed by atoms with E-state index in [0.29, 0.717) is 17.9 Å². The van der Waals surface area contributed by atoms with E-state index in [0.717, 1.165) is 25.0 Å². The largest absolute Gasteiger partial charge is 0.419 e. The maximum absolute atomic E-state index is 13.3. The summed E-state index contributed by atoms with van der Waals surface area (Å²) >= 11 is 0. The molecular weight excluding hydrogens is 234 g/mol. The highest BCUT2D eigenvalue weighted by atomic mass is 19.4. The maximum atomic E-state index is 13.3. The van der Waals surface area contributed by atoms with Gasteiger partial charge in [0.2, 0.25) is 0 Å². The molecule has 1 aromatic rings. The van der Waals surface area contributed by atoms with Crippen LogP contribution in [0.1, 0.15) is 36.4 Å². The standard InChI is InChI=1S/C12H13F4N/c13-10-6-8(11(17)5-7-1-2-7)3-4-9(10)12(14,15)16/h3-4,6-7,11H,1-2,5,17H2/t11-/m1/s1. The minimum atomic E-state index is -4.65. The third kappa shape index (κ3) is 2.97. The zero-order valence-electron chi connectivity index (χ0n) is 9.10. The predicted octanol–water partition coefficient (Wildman–Crippen LogP) is 3.64. The first kappa shape index (κ1) is 12.4. The summed E-state index contributed by atoms with van der Waals surface area (Å²) in [5.41, 5.74) is 5.01. The lowest BCUT2D eigenvalue weighted by Crippen LogP contribution is -2.13. The van der Waals surface area contributed by atoms with E-state index in [2.05, 4.69) is 0 Å². The molecule has 17 heavy (non-hydrogen) atoms. The number of benzene rings is 1. The molecule has 1 fully saturated rings. The summed E-state index contributed by atoms with van der Waals surface area (Å²) in [6, 6.07) is 2.55. The van der Waals surface area contributed by atoms with E-state index in [1.165, 1.54) is 6.07 Å². The fourth-order valence-electron chi connectivity index (χ4n) is 1.84. The summed E-state index contributed by atoms with van der Waals surface area (Å²) in [5, 5.41) is 0. The van der Waals surface area contributed by atoms with E-state index in [9.17, 15) is 17.6 Å². The van der Waals surface area contributed by atoms with Crippen LogP contribution < -0.4 is 5.73 Å². The van der Waals surface area contributed by atoms with Gasteiger partial charge in [-0.3, -0.25) is 0 Å². The first-order valence-corrected chi connectivity index (χ1v) is 5.50. The highest BCUT2D eigenvalue weighted by Crippen LogP contribution is 2.38. The van der Waals surface area contributed by atoms with Crippen LogP contribution in [0.4, 0.5) is 17.6 Å². The van der Waals surface area contributed by atoms with Gasteiger partial charge in [0.1, 0.15) is 5.82 Å². The van der Waals surface area contributed by atoms with Crippen molar-refractivity contribution in [2.45, 2.75) is 31.5 Å². The molecule has 0 amide bonds. The average Bonchev–Trinajstić information content (AvgIpc) is 2.99. The lowest BCUT2D eigenvalue weighted by Gasteiger charge is -2.14. The first-order valence-electron chi connectivity index (χ1n) is 5.50. The van der Waals surface area contributed by atoms with Gasteiger partial charge in [-0.25, -0.2) is 4.39 Å². The van der Waals surface area contributed by atoms with Crippen LogP contribution in [0.2, 0.25) is 0 Å². The molecule has 0 bridgehead atoms. The van der Waals surface area contributed by atoms with Gasteiger partial charge in [-0.15, -0.1) is 0 Å². The summed E-state index contributed by atoms with van der Waals surface area (Å²) in [6.07, 6.45) is -1.72. The van der Waals surface area contributed by atoms with E-state index < -0.39 is 17.6 Å². The molecule has 94 valence electrons. The molecule has 0 aromatic heterocycles. The van der Waals surface area contributed by atoms with E-state index in [1.807, 2.05) is 0 Å². The van der Waals surface area contributed by atoms with Crippen molar-refractivity contribution < 1.29 is 17.6 Å². The third-order valence-electron chi connectivity index (χ3n) is 3.01. The van der Waals surface area contributed by atoms with Gasteiger partial charge in [0.25, 0.3) is 0 Å². The highest BCUT2D eigenvalue weighted by Gasteiger charge is 2.34. The monoisotopic (exact) mass is 247 g/mol. The third-order valence-corrected chi connectivity index (χ3v) is 3.01. The Morgan fingerprint density at radius 2 is 1.94 bits per heavy atom. The topological polar surface area (TPSA) is 26.0 Å². The van der Waals surface area contributed by atoms with Crippen LogP contribution >= 0.6 is 0 Å². The molecule has 1 aliphatic carbocycles. The number of alkyl halides is 3. The summed E-state index contributed by atoms with van der Waals surface area (Å²) in [4.78, 5) is 0. The van der Waals surface area contributed by atoms with E-state index >= 15 is 0 Å². The van der Waals surface area contributed by atoms with Crippen molar-refractivity contribution in [3.8, 4) is 0 Å². The fraction of sp³-hybridized carbons (Fsp3) is 0.500. The highest BCUT2D eigenvalue weighted by molar-refractivity contribution is 5.28. The van der Waals surface area contributed by atoms with Crippen molar-refractivity contribution in [1.82, 2.24) is 0 Å². The second-order valence-electron chi connectivity index (χ2n) is 4.52. The van der Waals surface area contributed by atoms with Gasteiger partial charge in [0, 0.05) is 6.04 Å². The summed E-state index contributed by atoms with van der Waals surface area (Å²) in [6.45, 7) is 0. The minimum Gasteiger partial charge on any atom is -0.324 e. The Morgan fingerprint density at radius 1 is 1.29 bits per heavy atom. The molecule has 1 aliphatic rings. The molecule has 1 saturated carbocycles. The van der Waals surface area contributed by atoms with Crippen molar-refractivity contribution >= 4 is 0 Å². The van der Waals surface area contributed by atoms with E-state index in [4.69, 9.17) is 5.73 Å². The fourth-order valence-corrected chi connectivity index (χ4v) is 1.84. The molecule has 1 nitrogen and oxygen atoms in total. The SMILES string of the molecule is N[C@H](CC1CC1)c1ccc(C(F)(F)F)c(F)c1. The van der Waals surface area contributed by atoms with Gasteiger partial charge in [-0.05, 0) is 30.0 Å². The Hall–Kier alpha value is -1.10. The Labute approximate surface area is 96.6 Å². The molecule has 0 heterocycles. The van der Waals surface area contributed by atoms with Crippen molar-refractivity contribution in [2.24, 2.45) is 11.7 Å². The van der Waals surface area contributed by atoms with Gasteiger partial charge in [0.15, 0.2) is 0 Å². The van der Waals surface area contributed by atoms with Crippen LogP contribution in [0.5, 0.6) is 0 Å². The molecule has 0 unspecified atom stereocenters. The molecule has 0 radical (unpaired) electrons. The number of rotatable bonds is 3.